The molecule has 6 heteroatoms. The first kappa shape index (κ1) is 24.5. The minimum atomic E-state index is -0.160. The van der Waals surface area contributed by atoms with E-state index in [-0.39, 0.29) is 11.8 Å². The van der Waals surface area contributed by atoms with Crippen molar-refractivity contribution in [3.63, 3.8) is 0 Å². The number of nitrogens with zero attached hydrogens (tertiary/aromatic N) is 3. The van der Waals surface area contributed by atoms with Gasteiger partial charge in [0.15, 0.2) is 0 Å². The van der Waals surface area contributed by atoms with Crippen LogP contribution in [-0.2, 0) is 19.6 Å². The summed E-state index contributed by atoms with van der Waals surface area (Å²) in [6.07, 6.45) is 0. The monoisotopic (exact) mass is 492 g/mol. The summed E-state index contributed by atoms with van der Waals surface area (Å²) >= 11 is 0. The van der Waals surface area contributed by atoms with E-state index in [1.165, 1.54) is 5.69 Å². The fraction of sp³-hybridized carbons (Fsp3) is 0.226. The van der Waals surface area contributed by atoms with E-state index in [2.05, 4.69) is 47.1 Å². The Morgan fingerprint density at radius 3 is 2.35 bits per heavy atom. The van der Waals surface area contributed by atoms with Crippen LogP contribution in [0.5, 0.6) is 0 Å². The molecule has 0 aliphatic carbocycles. The van der Waals surface area contributed by atoms with Gasteiger partial charge in [0.1, 0.15) is 0 Å². The largest absolute Gasteiger partial charge is 0.341 e. The molecule has 1 N–H and O–H groups in total. The molecule has 0 saturated heterocycles. The zero-order valence-corrected chi connectivity index (χ0v) is 21.8. The van der Waals surface area contributed by atoms with Crippen LogP contribution < -0.4 is 10.2 Å². The lowest BCUT2D eigenvalue weighted by Gasteiger charge is -2.24. The van der Waals surface area contributed by atoms with Gasteiger partial charge in [0, 0.05) is 47.0 Å². The van der Waals surface area contributed by atoms with Crippen molar-refractivity contribution < 1.29 is 9.59 Å². The molecule has 6 nitrogen and oxygen atoms in total. The second kappa shape index (κ2) is 10.1. The Kier molecular flexibility index (Phi) is 6.68. The zero-order chi connectivity index (χ0) is 26.1. The molecule has 2 heterocycles. The van der Waals surface area contributed by atoms with Crippen molar-refractivity contribution in [2.24, 2.45) is 0 Å². The second-order valence-electron chi connectivity index (χ2n) is 9.96. The van der Waals surface area contributed by atoms with E-state index in [9.17, 15) is 9.59 Å². The SMILES string of the molecule is Cc1ccccc1C(=O)Nc1ccc(C(=O)N2Cc3ccc(CN(C)C)n3Cc3ccccc32)c(C)c1. The highest BCUT2D eigenvalue weighted by atomic mass is 16.2. The molecule has 0 saturated carbocycles. The Labute approximate surface area is 218 Å². The number of para-hydroxylation sites is 1. The summed E-state index contributed by atoms with van der Waals surface area (Å²) in [6, 6.07) is 25.4. The Morgan fingerprint density at radius 2 is 1.59 bits per heavy atom. The van der Waals surface area contributed by atoms with E-state index in [0.29, 0.717) is 23.4 Å². The molecule has 0 atom stereocenters. The molecule has 1 aliphatic heterocycles. The van der Waals surface area contributed by atoms with Crippen LogP contribution in [0.4, 0.5) is 11.4 Å². The number of benzene rings is 3. The van der Waals surface area contributed by atoms with E-state index in [1.54, 1.807) is 6.07 Å². The fourth-order valence-electron chi connectivity index (χ4n) is 5.02. The Morgan fingerprint density at radius 1 is 0.838 bits per heavy atom. The van der Waals surface area contributed by atoms with Gasteiger partial charge in [-0.15, -0.1) is 0 Å². The maximum absolute atomic E-state index is 14.0. The lowest BCUT2D eigenvalue weighted by molar-refractivity contribution is 0.0983. The standard InChI is InChI=1S/C31H32N4O2/c1-21-9-5-7-11-27(21)30(36)32-24-13-16-28(22(2)17-24)31(37)35-20-26-15-14-25(19-33(3)4)34(26)18-23-10-6-8-12-29(23)35/h5-17H,18-20H2,1-4H3,(H,32,36). The lowest BCUT2D eigenvalue weighted by atomic mass is 10.0. The van der Waals surface area contributed by atoms with Crippen LogP contribution in [-0.4, -0.2) is 35.4 Å². The van der Waals surface area contributed by atoms with E-state index in [4.69, 9.17) is 0 Å². The van der Waals surface area contributed by atoms with Gasteiger partial charge in [-0.2, -0.15) is 0 Å². The zero-order valence-electron chi connectivity index (χ0n) is 21.8. The number of nitrogens with one attached hydrogen (secondary N) is 1. The summed E-state index contributed by atoms with van der Waals surface area (Å²) in [5.41, 5.74) is 8.06. The first-order valence-corrected chi connectivity index (χ1v) is 12.5. The van der Waals surface area contributed by atoms with E-state index < -0.39 is 0 Å². The smallest absolute Gasteiger partial charge is 0.258 e. The lowest BCUT2D eigenvalue weighted by Crippen LogP contribution is -2.31. The van der Waals surface area contributed by atoms with Crippen LogP contribution in [0.15, 0.2) is 78.9 Å². The molecule has 0 unspecified atom stereocenters. The molecule has 188 valence electrons. The first-order chi connectivity index (χ1) is 17.8. The number of aromatic nitrogens is 1. The highest BCUT2D eigenvalue weighted by Crippen LogP contribution is 2.31. The quantitative estimate of drug-likeness (QED) is 0.393. The number of anilines is 2. The average molecular weight is 493 g/mol. The molecule has 0 fully saturated rings. The number of carbonyl (C=O) groups excluding carboxylic acids is 2. The third kappa shape index (κ3) is 4.93. The number of rotatable bonds is 5. The third-order valence-electron chi connectivity index (χ3n) is 6.92. The van der Waals surface area contributed by atoms with Gasteiger partial charge in [-0.3, -0.25) is 9.59 Å². The molecule has 3 aromatic carbocycles. The van der Waals surface area contributed by atoms with Gasteiger partial charge in [0.25, 0.3) is 11.8 Å². The van der Waals surface area contributed by atoms with Crippen molar-refractivity contribution >= 4 is 23.2 Å². The molecule has 0 bridgehead atoms. The molecule has 4 aromatic rings. The molecule has 1 aromatic heterocycles. The number of hydrogen-bond acceptors (Lipinski definition) is 3. The van der Waals surface area contributed by atoms with Crippen LogP contribution in [0.25, 0.3) is 0 Å². The van der Waals surface area contributed by atoms with Gasteiger partial charge in [-0.25, -0.2) is 0 Å². The number of carbonyl (C=O) groups is 2. The van der Waals surface area contributed by atoms with Gasteiger partial charge in [-0.05, 0) is 87.1 Å². The predicted octanol–water partition coefficient (Wildman–Crippen LogP) is 5.63. The van der Waals surface area contributed by atoms with Gasteiger partial charge in [-0.1, -0.05) is 36.4 Å². The summed E-state index contributed by atoms with van der Waals surface area (Å²) in [6.45, 7) is 5.90. The molecule has 5 rings (SSSR count). The number of aryl methyl sites for hydroxylation is 2. The molecule has 2 amide bonds. The van der Waals surface area contributed by atoms with Crippen molar-refractivity contribution in [3.05, 3.63) is 118 Å². The first-order valence-electron chi connectivity index (χ1n) is 12.5. The Hall–Kier alpha value is -4.16. The third-order valence-corrected chi connectivity index (χ3v) is 6.92. The number of fused-ring (bicyclic) bond motifs is 2. The molecule has 0 radical (unpaired) electrons. The van der Waals surface area contributed by atoms with Crippen molar-refractivity contribution in [3.8, 4) is 0 Å². The van der Waals surface area contributed by atoms with Crippen LogP contribution in [0.1, 0.15) is 48.8 Å². The number of hydrogen-bond donors (Lipinski definition) is 1. The van der Waals surface area contributed by atoms with Crippen LogP contribution in [0, 0.1) is 13.8 Å². The van der Waals surface area contributed by atoms with E-state index >= 15 is 0 Å². The van der Waals surface area contributed by atoms with Crippen LogP contribution in [0.2, 0.25) is 0 Å². The predicted molar refractivity (Wildman–Crippen MR) is 148 cm³/mol. The van der Waals surface area contributed by atoms with Crippen molar-refractivity contribution in [1.29, 1.82) is 0 Å². The topological polar surface area (TPSA) is 57.6 Å². The fourth-order valence-corrected chi connectivity index (χ4v) is 5.02. The summed E-state index contributed by atoms with van der Waals surface area (Å²) in [7, 11) is 4.13. The molecule has 1 aliphatic rings. The Balaban J connectivity index is 1.44. The minimum Gasteiger partial charge on any atom is -0.341 e. The second-order valence-corrected chi connectivity index (χ2v) is 9.96. The minimum absolute atomic E-state index is 0.0504. The molecule has 37 heavy (non-hydrogen) atoms. The summed E-state index contributed by atoms with van der Waals surface area (Å²) in [4.78, 5) is 30.8. The van der Waals surface area contributed by atoms with Crippen molar-refractivity contribution in [1.82, 2.24) is 9.47 Å². The maximum atomic E-state index is 14.0. The van der Waals surface area contributed by atoms with E-state index in [0.717, 1.165) is 41.2 Å². The average Bonchev–Trinajstić information content (AvgIpc) is 3.13. The van der Waals surface area contributed by atoms with Gasteiger partial charge >= 0.3 is 0 Å². The van der Waals surface area contributed by atoms with Gasteiger partial charge in [0.2, 0.25) is 0 Å². The van der Waals surface area contributed by atoms with Crippen LogP contribution >= 0.6 is 0 Å². The van der Waals surface area contributed by atoms with Crippen LogP contribution in [0.3, 0.4) is 0 Å². The summed E-state index contributed by atoms with van der Waals surface area (Å²) in [5.74, 6) is -0.210. The maximum Gasteiger partial charge on any atom is 0.258 e. The Bertz CT molecular complexity index is 1480. The summed E-state index contributed by atoms with van der Waals surface area (Å²) in [5, 5.41) is 2.97. The molecule has 0 spiro atoms. The van der Waals surface area contributed by atoms with Crippen molar-refractivity contribution in [2.75, 3.05) is 24.3 Å². The van der Waals surface area contributed by atoms with Crippen molar-refractivity contribution in [2.45, 2.75) is 33.5 Å². The van der Waals surface area contributed by atoms with Gasteiger partial charge in [0.05, 0.1) is 6.54 Å². The highest BCUT2D eigenvalue weighted by Gasteiger charge is 2.27. The summed E-state index contributed by atoms with van der Waals surface area (Å²) < 4.78 is 2.32. The molecular formula is C31H32N4O2. The molecular weight excluding hydrogens is 460 g/mol. The van der Waals surface area contributed by atoms with Gasteiger partial charge < -0.3 is 19.7 Å². The van der Waals surface area contributed by atoms with E-state index in [1.807, 2.05) is 73.3 Å². The normalized spacial score (nSPS) is 12.6. The highest BCUT2D eigenvalue weighted by molar-refractivity contribution is 6.09. The number of amides is 2.